The molecular formula is C21H28N4O2. The summed E-state index contributed by atoms with van der Waals surface area (Å²) in [6.45, 7) is 7.29. The quantitative estimate of drug-likeness (QED) is 0.398. The van der Waals surface area contributed by atoms with Crippen molar-refractivity contribution in [2.75, 3.05) is 31.1 Å². The summed E-state index contributed by atoms with van der Waals surface area (Å²) in [5.41, 5.74) is 1.26. The second-order valence-corrected chi connectivity index (χ2v) is 6.84. The third kappa shape index (κ3) is 5.14. The molecule has 2 heterocycles. The second kappa shape index (κ2) is 8.77. The molecule has 1 aromatic carbocycles. The van der Waals surface area contributed by atoms with Crippen LogP contribution in [0.15, 0.2) is 64.2 Å². The summed E-state index contributed by atoms with van der Waals surface area (Å²) in [6.07, 6.45) is 5.93. The fraction of sp³-hybridized carbons (Fsp3) is 0.381. The molecule has 0 fully saturated rings. The predicted octanol–water partition coefficient (Wildman–Crippen LogP) is 2.62. The number of guanidine groups is 1. The van der Waals surface area contributed by atoms with Crippen molar-refractivity contribution in [2.24, 2.45) is 4.99 Å². The van der Waals surface area contributed by atoms with E-state index in [1.165, 1.54) is 5.69 Å². The molecule has 0 bridgehead atoms. The number of nitrogens with one attached hydrogen (secondary N) is 2. The Morgan fingerprint density at radius 3 is 2.56 bits per heavy atom. The molecule has 1 aliphatic rings. The highest BCUT2D eigenvalue weighted by Gasteiger charge is 2.26. The van der Waals surface area contributed by atoms with Gasteiger partial charge in [-0.3, -0.25) is 0 Å². The molecule has 144 valence electrons. The molecule has 0 saturated carbocycles. The lowest BCUT2D eigenvalue weighted by Gasteiger charge is -2.22. The highest BCUT2D eigenvalue weighted by Crippen LogP contribution is 2.20. The number of aliphatic imine (C=N–C) groups is 1. The Kier molecular flexibility index (Phi) is 6.19. The largest absolute Gasteiger partial charge is 0.466 e. The van der Waals surface area contributed by atoms with Gasteiger partial charge in [-0.25, -0.2) is 4.99 Å². The van der Waals surface area contributed by atoms with Gasteiger partial charge in [0.05, 0.1) is 19.4 Å². The molecule has 1 unspecified atom stereocenters. The van der Waals surface area contributed by atoms with Crippen molar-refractivity contribution < 1.29 is 9.52 Å². The summed E-state index contributed by atoms with van der Waals surface area (Å²) in [5.74, 6) is 1.19. The molecule has 3 rings (SSSR count). The molecule has 27 heavy (non-hydrogen) atoms. The van der Waals surface area contributed by atoms with Crippen molar-refractivity contribution in [3.8, 4) is 0 Å². The van der Waals surface area contributed by atoms with Crippen LogP contribution in [-0.4, -0.2) is 37.2 Å². The first-order valence-electron chi connectivity index (χ1n) is 9.36. The van der Waals surface area contributed by atoms with E-state index in [4.69, 9.17) is 4.42 Å². The molecule has 0 radical (unpaired) electrons. The van der Waals surface area contributed by atoms with Crippen LogP contribution < -0.4 is 15.5 Å². The summed E-state index contributed by atoms with van der Waals surface area (Å²) in [4.78, 5) is 6.94. The zero-order chi connectivity index (χ0) is 19.1. The smallest absolute Gasteiger partial charge is 0.191 e. The van der Waals surface area contributed by atoms with E-state index >= 15 is 0 Å². The molecule has 6 heteroatoms. The van der Waals surface area contributed by atoms with Gasteiger partial charge in [-0.2, -0.15) is 0 Å². The SMILES string of the molecule is CCNC(=NCc1ccc(N2CC=CC2)cc1)NCC(C)(O)c1ccco1. The first-order chi connectivity index (χ1) is 13.1. The number of benzene rings is 1. The fourth-order valence-electron chi connectivity index (χ4n) is 2.94. The normalized spacial score (nSPS) is 16.4. The molecule has 1 aliphatic heterocycles. The standard InChI is InChI=1S/C21H28N4O2/c1-3-22-20(24-16-21(2,26)19-7-6-14-27-19)23-15-17-8-10-18(11-9-17)25-12-4-5-13-25/h4-11,14,26H,3,12-13,15-16H2,1-2H3,(H2,22,23,24). The van der Waals surface area contributed by atoms with Crippen LogP contribution in [-0.2, 0) is 12.1 Å². The van der Waals surface area contributed by atoms with Crippen LogP contribution in [0.1, 0.15) is 25.2 Å². The molecule has 3 N–H and O–H groups in total. The average molecular weight is 368 g/mol. The Hall–Kier alpha value is -2.73. The minimum Gasteiger partial charge on any atom is -0.466 e. The van der Waals surface area contributed by atoms with Gasteiger partial charge in [0.2, 0.25) is 0 Å². The monoisotopic (exact) mass is 368 g/mol. The van der Waals surface area contributed by atoms with Gasteiger partial charge in [0, 0.05) is 25.3 Å². The number of furan rings is 1. The van der Waals surface area contributed by atoms with Crippen molar-refractivity contribution in [1.82, 2.24) is 10.6 Å². The van der Waals surface area contributed by atoms with Crippen molar-refractivity contribution in [2.45, 2.75) is 26.0 Å². The Labute approximate surface area is 160 Å². The third-order valence-corrected chi connectivity index (χ3v) is 4.54. The van der Waals surface area contributed by atoms with Gasteiger partial charge in [0.25, 0.3) is 0 Å². The van der Waals surface area contributed by atoms with E-state index in [9.17, 15) is 5.11 Å². The van der Waals surface area contributed by atoms with Crippen LogP contribution in [0.4, 0.5) is 5.69 Å². The first-order valence-corrected chi connectivity index (χ1v) is 9.36. The number of hydrogen-bond donors (Lipinski definition) is 3. The van der Waals surface area contributed by atoms with Gasteiger partial charge >= 0.3 is 0 Å². The van der Waals surface area contributed by atoms with Crippen LogP contribution in [0.3, 0.4) is 0 Å². The van der Waals surface area contributed by atoms with E-state index in [0.717, 1.165) is 25.2 Å². The van der Waals surface area contributed by atoms with E-state index < -0.39 is 5.60 Å². The van der Waals surface area contributed by atoms with Crippen LogP contribution in [0, 0.1) is 0 Å². The van der Waals surface area contributed by atoms with Crippen LogP contribution in [0.2, 0.25) is 0 Å². The molecule has 6 nitrogen and oxygen atoms in total. The molecular weight excluding hydrogens is 340 g/mol. The van der Waals surface area contributed by atoms with E-state index in [2.05, 4.69) is 56.9 Å². The number of nitrogens with zero attached hydrogens (tertiary/aromatic N) is 2. The van der Waals surface area contributed by atoms with Gasteiger partial charge < -0.3 is 25.1 Å². The summed E-state index contributed by atoms with van der Waals surface area (Å²) >= 11 is 0. The molecule has 0 amide bonds. The van der Waals surface area contributed by atoms with Crippen LogP contribution >= 0.6 is 0 Å². The second-order valence-electron chi connectivity index (χ2n) is 6.84. The van der Waals surface area contributed by atoms with E-state index in [1.54, 1.807) is 25.3 Å². The molecule has 1 atom stereocenters. The fourth-order valence-corrected chi connectivity index (χ4v) is 2.94. The van der Waals surface area contributed by atoms with Gasteiger partial charge in [-0.15, -0.1) is 0 Å². The topological polar surface area (TPSA) is 73.0 Å². The third-order valence-electron chi connectivity index (χ3n) is 4.54. The number of anilines is 1. The predicted molar refractivity (Wildman–Crippen MR) is 109 cm³/mol. The summed E-state index contributed by atoms with van der Waals surface area (Å²) in [7, 11) is 0. The minimum atomic E-state index is -1.11. The van der Waals surface area contributed by atoms with Gasteiger partial charge in [0.15, 0.2) is 5.96 Å². The number of hydrogen-bond acceptors (Lipinski definition) is 4. The lowest BCUT2D eigenvalue weighted by atomic mass is 10.0. The maximum atomic E-state index is 10.6. The molecule has 0 spiro atoms. The highest BCUT2D eigenvalue weighted by molar-refractivity contribution is 5.79. The van der Waals surface area contributed by atoms with Crippen molar-refractivity contribution >= 4 is 11.6 Å². The molecule has 0 saturated heterocycles. The lowest BCUT2D eigenvalue weighted by Crippen LogP contribution is -2.44. The number of aliphatic hydroxyl groups is 1. The summed E-state index contributed by atoms with van der Waals surface area (Å²) in [5, 5.41) is 17.0. The summed E-state index contributed by atoms with van der Waals surface area (Å²) in [6, 6.07) is 12.0. The summed E-state index contributed by atoms with van der Waals surface area (Å²) < 4.78 is 5.31. The van der Waals surface area contributed by atoms with Gasteiger partial charge in [-0.05, 0) is 43.7 Å². The van der Waals surface area contributed by atoms with Gasteiger partial charge in [-0.1, -0.05) is 24.3 Å². The Bertz CT molecular complexity index is 756. The zero-order valence-electron chi connectivity index (χ0n) is 16.0. The zero-order valence-corrected chi connectivity index (χ0v) is 16.0. The number of rotatable bonds is 7. The van der Waals surface area contributed by atoms with E-state index in [1.807, 2.05) is 6.92 Å². The van der Waals surface area contributed by atoms with E-state index in [0.29, 0.717) is 24.8 Å². The van der Waals surface area contributed by atoms with Crippen LogP contribution in [0.5, 0.6) is 0 Å². The molecule has 1 aromatic heterocycles. The first kappa shape index (κ1) is 19.0. The molecule has 0 aliphatic carbocycles. The minimum absolute atomic E-state index is 0.299. The Balaban J connectivity index is 1.58. The Morgan fingerprint density at radius 2 is 1.93 bits per heavy atom. The Morgan fingerprint density at radius 1 is 1.19 bits per heavy atom. The maximum absolute atomic E-state index is 10.6. The van der Waals surface area contributed by atoms with Crippen molar-refractivity contribution in [1.29, 1.82) is 0 Å². The van der Waals surface area contributed by atoms with Crippen molar-refractivity contribution in [3.05, 3.63) is 66.1 Å². The van der Waals surface area contributed by atoms with Gasteiger partial charge in [0.1, 0.15) is 11.4 Å². The maximum Gasteiger partial charge on any atom is 0.191 e. The molecule has 2 aromatic rings. The highest BCUT2D eigenvalue weighted by atomic mass is 16.4. The average Bonchev–Trinajstić information content (AvgIpc) is 3.39. The lowest BCUT2D eigenvalue weighted by molar-refractivity contribution is 0.0386. The van der Waals surface area contributed by atoms with E-state index in [-0.39, 0.29) is 0 Å². The van der Waals surface area contributed by atoms with Crippen molar-refractivity contribution in [3.63, 3.8) is 0 Å². The van der Waals surface area contributed by atoms with Crippen LogP contribution in [0.25, 0.3) is 0 Å².